The van der Waals surface area contributed by atoms with E-state index < -0.39 is 0 Å². The fourth-order valence-electron chi connectivity index (χ4n) is 1.64. The Morgan fingerprint density at radius 2 is 2.13 bits per heavy atom. The summed E-state index contributed by atoms with van der Waals surface area (Å²) in [5.74, 6) is 1.24. The number of rotatable bonds is 3. The molecule has 1 aromatic heterocycles. The molecule has 0 bridgehead atoms. The molecular weight excluding hydrogens is 233 g/mol. The average molecular weight is 252 g/mol. The molecule has 3 nitrogen and oxygen atoms in total. The summed E-state index contributed by atoms with van der Waals surface area (Å²) in [7, 11) is 0. The van der Waals surface area contributed by atoms with Crippen LogP contribution in [0.1, 0.15) is 31.7 Å². The standard InChI is InChI=1S/C10H17N3.2ClH/c1-7(2)5-13-6-8(4-12-13)9-3-10(9)11;;/h4,6-7,9-10H,3,5,11H2,1-2H3;2*1H/t9-,10+;;/m0../s1. The second-order valence-corrected chi connectivity index (χ2v) is 4.40. The van der Waals surface area contributed by atoms with Crippen molar-refractivity contribution in [3.63, 3.8) is 0 Å². The summed E-state index contributed by atoms with van der Waals surface area (Å²) >= 11 is 0. The number of hydrogen-bond acceptors (Lipinski definition) is 2. The van der Waals surface area contributed by atoms with E-state index in [9.17, 15) is 0 Å². The number of nitrogens with zero attached hydrogens (tertiary/aromatic N) is 2. The van der Waals surface area contributed by atoms with Crippen LogP contribution in [0.3, 0.4) is 0 Å². The summed E-state index contributed by atoms with van der Waals surface area (Å²) in [4.78, 5) is 0. The number of hydrogen-bond donors (Lipinski definition) is 1. The van der Waals surface area contributed by atoms with Crippen LogP contribution in [0.4, 0.5) is 0 Å². The SMILES string of the molecule is CC(C)Cn1cc([C@@H]2C[C@H]2N)cn1.Cl.Cl. The van der Waals surface area contributed by atoms with Crippen molar-refractivity contribution in [3.05, 3.63) is 18.0 Å². The van der Waals surface area contributed by atoms with Gasteiger partial charge < -0.3 is 5.73 Å². The summed E-state index contributed by atoms with van der Waals surface area (Å²) in [6, 6.07) is 0.386. The minimum atomic E-state index is 0. The van der Waals surface area contributed by atoms with Crippen molar-refractivity contribution in [3.8, 4) is 0 Å². The Hall–Kier alpha value is -0.250. The van der Waals surface area contributed by atoms with Gasteiger partial charge in [0.25, 0.3) is 0 Å². The van der Waals surface area contributed by atoms with Gasteiger partial charge in [0, 0.05) is 24.7 Å². The molecule has 1 heterocycles. The van der Waals surface area contributed by atoms with Gasteiger partial charge in [0.1, 0.15) is 0 Å². The van der Waals surface area contributed by atoms with E-state index in [0.717, 1.165) is 13.0 Å². The van der Waals surface area contributed by atoms with Crippen LogP contribution in [0.15, 0.2) is 12.4 Å². The largest absolute Gasteiger partial charge is 0.327 e. The molecular formula is C10H19Cl2N3. The quantitative estimate of drug-likeness (QED) is 0.896. The first-order valence-electron chi connectivity index (χ1n) is 4.94. The number of nitrogens with two attached hydrogens (primary N) is 1. The summed E-state index contributed by atoms with van der Waals surface area (Å²) in [5, 5.41) is 4.31. The minimum Gasteiger partial charge on any atom is -0.327 e. The van der Waals surface area contributed by atoms with Gasteiger partial charge in [0.2, 0.25) is 0 Å². The third-order valence-electron chi connectivity index (χ3n) is 2.47. The molecule has 2 N–H and O–H groups in total. The lowest BCUT2D eigenvalue weighted by Gasteiger charge is -2.03. The van der Waals surface area contributed by atoms with Gasteiger partial charge in [0.15, 0.2) is 0 Å². The van der Waals surface area contributed by atoms with Gasteiger partial charge in [-0.1, -0.05) is 13.8 Å². The molecule has 5 heteroatoms. The highest BCUT2D eigenvalue weighted by Gasteiger charge is 2.35. The Balaban J connectivity index is 0.000000980. The zero-order valence-electron chi connectivity index (χ0n) is 9.09. The Morgan fingerprint density at radius 1 is 1.53 bits per heavy atom. The molecule has 0 spiro atoms. The van der Waals surface area contributed by atoms with E-state index in [1.807, 2.05) is 10.9 Å². The van der Waals surface area contributed by atoms with E-state index in [1.165, 1.54) is 5.56 Å². The van der Waals surface area contributed by atoms with E-state index in [2.05, 4.69) is 25.1 Å². The van der Waals surface area contributed by atoms with Gasteiger partial charge in [-0.2, -0.15) is 5.10 Å². The van der Waals surface area contributed by atoms with Gasteiger partial charge in [-0.3, -0.25) is 4.68 Å². The zero-order valence-corrected chi connectivity index (χ0v) is 10.7. The first-order chi connectivity index (χ1) is 6.16. The van der Waals surface area contributed by atoms with Crippen LogP contribution in [-0.2, 0) is 6.54 Å². The molecule has 15 heavy (non-hydrogen) atoms. The molecule has 2 rings (SSSR count). The lowest BCUT2D eigenvalue weighted by molar-refractivity contribution is 0.483. The van der Waals surface area contributed by atoms with Crippen molar-refractivity contribution < 1.29 is 0 Å². The summed E-state index contributed by atoms with van der Waals surface area (Å²) in [6.07, 6.45) is 5.23. The van der Waals surface area contributed by atoms with Crippen molar-refractivity contribution in [1.82, 2.24) is 9.78 Å². The van der Waals surface area contributed by atoms with E-state index in [0.29, 0.717) is 17.9 Å². The van der Waals surface area contributed by atoms with Gasteiger partial charge in [0.05, 0.1) is 6.20 Å². The van der Waals surface area contributed by atoms with Crippen molar-refractivity contribution in [2.75, 3.05) is 0 Å². The Kier molecular flexibility index (Phi) is 5.63. The van der Waals surface area contributed by atoms with Crippen molar-refractivity contribution in [2.24, 2.45) is 11.7 Å². The molecule has 0 aliphatic heterocycles. The van der Waals surface area contributed by atoms with E-state index in [-0.39, 0.29) is 24.8 Å². The first-order valence-corrected chi connectivity index (χ1v) is 4.94. The summed E-state index contributed by atoms with van der Waals surface area (Å²) in [5.41, 5.74) is 7.09. The highest BCUT2D eigenvalue weighted by molar-refractivity contribution is 5.85. The molecule has 1 aliphatic rings. The van der Waals surface area contributed by atoms with Crippen molar-refractivity contribution in [2.45, 2.75) is 38.8 Å². The zero-order chi connectivity index (χ0) is 9.42. The highest BCUT2D eigenvalue weighted by atomic mass is 35.5. The average Bonchev–Trinajstić information content (AvgIpc) is 2.60. The smallest absolute Gasteiger partial charge is 0.0525 e. The normalized spacial score (nSPS) is 23.2. The molecule has 1 fully saturated rings. The van der Waals surface area contributed by atoms with Crippen LogP contribution in [0.25, 0.3) is 0 Å². The van der Waals surface area contributed by atoms with E-state index in [4.69, 9.17) is 5.73 Å². The topological polar surface area (TPSA) is 43.8 Å². The molecule has 0 amide bonds. The second kappa shape index (κ2) is 5.73. The monoisotopic (exact) mass is 251 g/mol. The molecule has 2 atom stereocenters. The second-order valence-electron chi connectivity index (χ2n) is 4.40. The van der Waals surface area contributed by atoms with Crippen molar-refractivity contribution in [1.29, 1.82) is 0 Å². The lowest BCUT2D eigenvalue weighted by atomic mass is 10.2. The Bertz CT molecular complexity index is 299. The fraction of sp³-hybridized carbons (Fsp3) is 0.700. The van der Waals surface area contributed by atoms with Gasteiger partial charge in [-0.15, -0.1) is 24.8 Å². The Morgan fingerprint density at radius 3 is 2.60 bits per heavy atom. The molecule has 88 valence electrons. The molecule has 1 aliphatic carbocycles. The minimum absolute atomic E-state index is 0. The lowest BCUT2D eigenvalue weighted by Crippen LogP contribution is -2.04. The Labute approximate surface area is 103 Å². The van der Waals surface area contributed by atoms with Crippen molar-refractivity contribution >= 4 is 24.8 Å². The highest BCUT2D eigenvalue weighted by Crippen LogP contribution is 2.38. The van der Waals surface area contributed by atoms with Crippen LogP contribution in [0, 0.1) is 5.92 Å². The van der Waals surface area contributed by atoms with Gasteiger partial charge >= 0.3 is 0 Å². The van der Waals surface area contributed by atoms with Crippen LogP contribution >= 0.6 is 24.8 Å². The van der Waals surface area contributed by atoms with Crippen LogP contribution in [-0.4, -0.2) is 15.8 Å². The summed E-state index contributed by atoms with van der Waals surface area (Å²) < 4.78 is 2.02. The summed E-state index contributed by atoms with van der Waals surface area (Å²) in [6.45, 7) is 5.40. The third kappa shape index (κ3) is 3.67. The molecule has 0 aromatic carbocycles. The predicted molar refractivity (Wildman–Crippen MR) is 66.9 cm³/mol. The predicted octanol–water partition coefficient (Wildman–Crippen LogP) is 2.20. The molecule has 0 saturated heterocycles. The van der Waals surface area contributed by atoms with E-state index >= 15 is 0 Å². The van der Waals surface area contributed by atoms with Crippen LogP contribution < -0.4 is 5.73 Å². The molecule has 1 aromatic rings. The van der Waals surface area contributed by atoms with Crippen LogP contribution in [0.2, 0.25) is 0 Å². The molecule has 0 radical (unpaired) electrons. The third-order valence-corrected chi connectivity index (χ3v) is 2.47. The maximum atomic E-state index is 5.77. The van der Waals surface area contributed by atoms with E-state index in [1.54, 1.807) is 0 Å². The molecule has 1 saturated carbocycles. The van der Waals surface area contributed by atoms with Gasteiger partial charge in [-0.05, 0) is 17.9 Å². The van der Waals surface area contributed by atoms with Crippen LogP contribution in [0.5, 0.6) is 0 Å². The first kappa shape index (κ1) is 14.8. The fourth-order valence-corrected chi connectivity index (χ4v) is 1.64. The number of aromatic nitrogens is 2. The van der Waals surface area contributed by atoms with Gasteiger partial charge in [-0.25, -0.2) is 0 Å². The number of halogens is 2. The maximum absolute atomic E-state index is 5.77. The maximum Gasteiger partial charge on any atom is 0.0525 e. The molecule has 0 unspecified atom stereocenters.